The average molecular weight is 579 g/mol. The Bertz CT molecular complexity index is 2190. The predicted octanol–water partition coefficient (Wildman–Crippen LogP) is 4.31. The summed E-state index contributed by atoms with van der Waals surface area (Å²) in [5, 5.41) is 16.8. The van der Waals surface area contributed by atoms with Crippen molar-refractivity contribution in [1.29, 1.82) is 5.26 Å². The molecular weight excluding hydrogens is 559 g/mol. The van der Waals surface area contributed by atoms with Crippen LogP contribution in [0.25, 0.3) is 26.7 Å². The maximum atomic E-state index is 14.0. The Hall–Kier alpha value is -5.74. The summed E-state index contributed by atoms with van der Waals surface area (Å²) in [6.45, 7) is 1.26. The van der Waals surface area contributed by atoms with E-state index in [0.29, 0.717) is 27.3 Å². The zero-order valence-electron chi connectivity index (χ0n) is 21.8. The molecule has 42 heavy (non-hydrogen) atoms. The summed E-state index contributed by atoms with van der Waals surface area (Å²) in [6.07, 6.45) is 3.04. The van der Waals surface area contributed by atoms with Crippen molar-refractivity contribution in [2.45, 2.75) is 13.5 Å². The first-order valence-corrected chi connectivity index (χ1v) is 13.3. The van der Waals surface area contributed by atoms with Gasteiger partial charge in [-0.25, -0.2) is 23.5 Å². The zero-order chi connectivity index (χ0) is 29.4. The van der Waals surface area contributed by atoms with Crippen LogP contribution in [0, 0.1) is 17.1 Å². The van der Waals surface area contributed by atoms with Gasteiger partial charge in [-0.2, -0.15) is 10.2 Å². The molecule has 0 aliphatic rings. The van der Waals surface area contributed by atoms with Crippen LogP contribution in [-0.4, -0.2) is 30.0 Å². The number of anilines is 3. The summed E-state index contributed by atoms with van der Waals surface area (Å²) in [5.41, 5.74) is 0.116. The van der Waals surface area contributed by atoms with Gasteiger partial charge in [0, 0.05) is 29.6 Å². The predicted molar refractivity (Wildman–Crippen MR) is 157 cm³/mol. The summed E-state index contributed by atoms with van der Waals surface area (Å²) >= 11 is 1.26. The largest absolute Gasteiger partial charge is 0.359 e. The maximum absolute atomic E-state index is 14.0. The monoisotopic (exact) mass is 578 g/mol. The minimum absolute atomic E-state index is 0.0665. The van der Waals surface area contributed by atoms with Crippen molar-refractivity contribution in [3.63, 3.8) is 0 Å². The van der Waals surface area contributed by atoms with E-state index in [1.807, 2.05) is 12.1 Å². The Morgan fingerprint density at radius 3 is 2.71 bits per heavy atom. The SMILES string of the molecule is CC(=O)Nc1nc2ccc(Nc3nc(=O)n(-c4cncc5ccccc45)c(=O)n3Cc3ccc(F)c(C#N)c3)cc2s1. The van der Waals surface area contributed by atoms with Crippen LogP contribution in [0.1, 0.15) is 18.1 Å². The van der Waals surface area contributed by atoms with E-state index in [0.717, 1.165) is 20.7 Å². The molecule has 0 spiro atoms. The van der Waals surface area contributed by atoms with E-state index < -0.39 is 17.2 Å². The molecule has 0 aliphatic carbocycles. The number of benzene rings is 3. The van der Waals surface area contributed by atoms with Crippen LogP contribution in [0.2, 0.25) is 0 Å². The first-order valence-electron chi connectivity index (χ1n) is 12.5. The summed E-state index contributed by atoms with van der Waals surface area (Å²) in [6, 6.07) is 18.1. The van der Waals surface area contributed by atoms with Gasteiger partial charge >= 0.3 is 11.4 Å². The van der Waals surface area contributed by atoms with E-state index in [9.17, 15) is 24.0 Å². The van der Waals surface area contributed by atoms with E-state index in [4.69, 9.17) is 0 Å². The van der Waals surface area contributed by atoms with Crippen LogP contribution in [0.15, 0.2) is 82.6 Å². The quantitative estimate of drug-likeness (QED) is 0.297. The first-order chi connectivity index (χ1) is 20.3. The van der Waals surface area contributed by atoms with Crippen LogP contribution in [0.3, 0.4) is 0 Å². The summed E-state index contributed by atoms with van der Waals surface area (Å²) < 4.78 is 17.0. The number of carbonyl (C=O) groups excluding carboxylic acids is 1. The molecular formula is C29H19FN8O3S. The molecule has 13 heteroatoms. The summed E-state index contributed by atoms with van der Waals surface area (Å²) in [7, 11) is 0. The fourth-order valence-corrected chi connectivity index (χ4v) is 5.44. The number of thiazole rings is 1. The number of rotatable bonds is 6. The number of hydrogen-bond donors (Lipinski definition) is 2. The molecule has 0 saturated carbocycles. The topological polar surface area (TPSA) is 148 Å². The number of aromatic nitrogens is 5. The third kappa shape index (κ3) is 4.98. The molecule has 0 atom stereocenters. The van der Waals surface area contributed by atoms with Crippen molar-refractivity contribution in [2.24, 2.45) is 0 Å². The summed E-state index contributed by atoms with van der Waals surface area (Å²) in [4.78, 5) is 51.6. The number of hydrogen-bond acceptors (Lipinski definition) is 9. The zero-order valence-corrected chi connectivity index (χ0v) is 22.6. The second-order valence-corrected chi connectivity index (χ2v) is 10.3. The number of amides is 1. The Kier molecular flexibility index (Phi) is 6.73. The molecule has 206 valence electrons. The Morgan fingerprint density at radius 1 is 1.07 bits per heavy atom. The normalized spacial score (nSPS) is 11.0. The molecule has 3 aromatic heterocycles. The van der Waals surface area contributed by atoms with Crippen molar-refractivity contribution in [2.75, 3.05) is 10.6 Å². The fraction of sp³-hybridized carbons (Fsp3) is 0.0690. The molecule has 0 bridgehead atoms. The lowest BCUT2D eigenvalue weighted by Gasteiger charge is -2.16. The van der Waals surface area contributed by atoms with E-state index >= 15 is 0 Å². The standard InChI is InChI=1S/C29H19FN8O3S/c1-16(39)33-27-35-23-9-7-20(11-25(23)42-27)34-26-36-28(40)38(24-14-32-13-18-4-2-3-5-21(18)24)29(41)37(26)15-17-6-8-22(30)19(10-17)12-31/h2-11,13-14H,15H2,1H3,(H,33,35,39)(H,34,36,40). The van der Waals surface area contributed by atoms with Gasteiger partial charge in [0.15, 0.2) is 5.13 Å². The second kappa shape index (κ2) is 10.7. The van der Waals surface area contributed by atoms with Gasteiger partial charge in [0.25, 0.3) is 0 Å². The van der Waals surface area contributed by atoms with E-state index in [1.54, 1.807) is 42.6 Å². The number of nitrogens with one attached hydrogen (secondary N) is 2. The molecule has 0 saturated heterocycles. The number of pyridine rings is 1. The molecule has 0 radical (unpaired) electrons. The van der Waals surface area contributed by atoms with E-state index in [2.05, 4.69) is 25.6 Å². The van der Waals surface area contributed by atoms with Gasteiger partial charge in [-0.15, -0.1) is 0 Å². The minimum atomic E-state index is -0.833. The number of fused-ring (bicyclic) bond motifs is 2. The fourth-order valence-electron chi connectivity index (χ4n) is 4.49. The molecule has 6 aromatic rings. The third-order valence-corrected chi connectivity index (χ3v) is 7.31. The maximum Gasteiger partial charge on any atom is 0.359 e. The number of nitrogens with zero attached hydrogens (tertiary/aromatic N) is 6. The molecule has 11 nitrogen and oxygen atoms in total. The van der Waals surface area contributed by atoms with Crippen LogP contribution < -0.4 is 22.0 Å². The van der Waals surface area contributed by atoms with Gasteiger partial charge in [0.2, 0.25) is 11.9 Å². The van der Waals surface area contributed by atoms with Gasteiger partial charge in [-0.1, -0.05) is 41.7 Å². The lowest BCUT2D eigenvalue weighted by Crippen LogP contribution is -2.42. The molecule has 0 fully saturated rings. The molecule has 1 amide bonds. The van der Waals surface area contributed by atoms with Crippen molar-refractivity contribution in [3.8, 4) is 11.8 Å². The van der Waals surface area contributed by atoms with Crippen LogP contribution in [0.4, 0.5) is 21.2 Å². The molecule has 6 rings (SSSR count). The van der Waals surface area contributed by atoms with E-state index in [-0.39, 0.29) is 29.7 Å². The Balaban J connectivity index is 1.50. The molecule has 3 heterocycles. The lowest BCUT2D eigenvalue weighted by molar-refractivity contribution is -0.114. The van der Waals surface area contributed by atoms with Gasteiger partial charge in [-0.05, 0) is 35.9 Å². The molecule has 0 unspecified atom stereocenters. The Labute approximate surface area is 240 Å². The molecule has 2 N–H and O–H groups in total. The highest BCUT2D eigenvalue weighted by molar-refractivity contribution is 7.22. The number of nitriles is 1. The highest BCUT2D eigenvalue weighted by Crippen LogP contribution is 2.29. The smallest absolute Gasteiger partial charge is 0.325 e. The minimum Gasteiger partial charge on any atom is -0.325 e. The third-order valence-electron chi connectivity index (χ3n) is 6.38. The van der Waals surface area contributed by atoms with Crippen LogP contribution in [0.5, 0.6) is 0 Å². The van der Waals surface area contributed by atoms with Gasteiger partial charge in [0.05, 0.1) is 34.2 Å². The van der Waals surface area contributed by atoms with Gasteiger partial charge < -0.3 is 10.6 Å². The summed E-state index contributed by atoms with van der Waals surface area (Å²) in [5.74, 6) is -1.00. The van der Waals surface area contributed by atoms with Crippen molar-refractivity contribution < 1.29 is 9.18 Å². The highest BCUT2D eigenvalue weighted by atomic mass is 32.1. The second-order valence-electron chi connectivity index (χ2n) is 9.24. The van der Waals surface area contributed by atoms with Gasteiger partial charge in [-0.3, -0.25) is 14.3 Å². The molecule has 0 aliphatic heterocycles. The average Bonchev–Trinajstić information content (AvgIpc) is 3.37. The first kappa shape index (κ1) is 26.5. The lowest BCUT2D eigenvalue weighted by atomic mass is 10.1. The van der Waals surface area contributed by atoms with E-state index in [1.165, 1.54) is 41.2 Å². The van der Waals surface area contributed by atoms with Crippen molar-refractivity contribution in [3.05, 3.63) is 111 Å². The Morgan fingerprint density at radius 2 is 1.90 bits per heavy atom. The highest BCUT2D eigenvalue weighted by Gasteiger charge is 2.18. The number of carbonyl (C=O) groups is 1. The molecule has 3 aromatic carbocycles. The van der Waals surface area contributed by atoms with Crippen LogP contribution >= 0.6 is 11.3 Å². The number of halogens is 1. The van der Waals surface area contributed by atoms with Crippen molar-refractivity contribution >= 4 is 55.0 Å². The van der Waals surface area contributed by atoms with Gasteiger partial charge in [0.1, 0.15) is 11.9 Å². The van der Waals surface area contributed by atoms with Crippen LogP contribution in [-0.2, 0) is 11.3 Å². The van der Waals surface area contributed by atoms with Crippen molar-refractivity contribution in [1.82, 2.24) is 24.1 Å².